The van der Waals surface area contributed by atoms with Crippen molar-refractivity contribution in [3.05, 3.63) is 0 Å². The first-order valence-corrected chi connectivity index (χ1v) is 4.18. The van der Waals surface area contributed by atoms with Crippen molar-refractivity contribution in [2.24, 2.45) is 5.73 Å². The van der Waals surface area contributed by atoms with E-state index in [1.165, 1.54) is 0 Å². The van der Waals surface area contributed by atoms with Gasteiger partial charge >= 0.3 is 0 Å². The maximum absolute atomic E-state index is 8.66. The van der Waals surface area contributed by atoms with Gasteiger partial charge in [0, 0.05) is 10.8 Å². The van der Waals surface area contributed by atoms with Gasteiger partial charge in [-0.15, -0.1) is 0 Å². The van der Waals surface area contributed by atoms with E-state index in [-0.39, 0.29) is 17.4 Å². The van der Waals surface area contributed by atoms with Crippen LogP contribution in [0.1, 0.15) is 13.8 Å². The molecular formula is C6H15NOS. The van der Waals surface area contributed by atoms with Crippen molar-refractivity contribution in [3.63, 3.8) is 0 Å². The Morgan fingerprint density at radius 1 is 1.67 bits per heavy atom. The molecule has 0 rings (SSSR count). The van der Waals surface area contributed by atoms with Crippen molar-refractivity contribution in [2.75, 3.05) is 12.9 Å². The van der Waals surface area contributed by atoms with E-state index in [4.69, 9.17) is 10.8 Å². The van der Waals surface area contributed by atoms with E-state index in [1.807, 2.05) is 20.1 Å². The average molecular weight is 149 g/mol. The van der Waals surface area contributed by atoms with Crippen molar-refractivity contribution in [1.29, 1.82) is 0 Å². The molecule has 0 spiro atoms. The summed E-state index contributed by atoms with van der Waals surface area (Å²) in [5, 5.41) is 8.66. The summed E-state index contributed by atoms with van der Waals surface area (Å²) in [5.74, 6) is 0. The summed E-state index contributed by atoms with van der Waals surface area (Å²) in [7, 11) is 0. The van der Waals surface area contributed by atoms with E-state index in [1.54, 1.807) is 11.8 Å². The van der Waals surface area contributed by atoms with Gasteiger partial charge in [-0.25, -0.2) is 0 Å². The molecule has 0 saturated heterocycles. The predicted octanol–water partition coefficient (Wildman–Crippen LogP) is 0.448. The van der Waals surface area contributed by atoms with Crippen molar-refractivity contribution in [1.82, 2.24) is 0 Å². The first-order valence-electron chi connectivity index (χ1n) is 2.96. The number of aliphatic hydroxyl groups excluding tert-OH is 1. The average Bonchev–Trinajstić information content (AvgIpc) is 1.86. The normalized spacial score (nSPS) is 15.7. The van der Waals surface area contributed by atoms with Gasteiger partial charge in [-0.1, -0.05) is 0 Å². The molecule has 0 heterocycles. The highest BCUT2D eigenvalue weighted by Crippen LogP contribution is 2.23. The SMILES string of the molecule is CSC(C)(C)C(N)CO. The quantitative estimate of drug-likeness (QED) is 0.612. The number of rotatable bonds is 3. The van der Waals surface area contributed by atoms with E-state index in [0.717, 1.165) is 0 Å². The maximum atomic E-state index is 8.66. The Bertz CT molecular complexity index is 85.1. The van der Waals surface area contributed by atoms with Crippen LogP contribution >= 0.6 is 11.8 Å². The molecule has 0 aliphatic rings. The van der Waals surface area contributed by atoms with Crippen LogP contribution in [0.15, 0.2) is 0 Å². The fourth-order valence-electron chi connectivity index (χ4n) is 0.371. The molecule has 2 nitrogen and oxygen atoms in total. The second kappa shape index (κ2) is 3.44. The lowest BCUT2D eigenvalue weighted by atomic mass is 10.1. The van der Waals surface area contributed by atoms with Gasteiger partial charge in [-0.05, 0) is 20.1 Å². The molecule has 0 aromatic heterocycles. The Morgan fingerprint density at radius 2 is 2.11 bits per heavy atom. The number of thioether (sulfide) groups is 1. The smallest absolute Gasteiger partial charge is 0.0595 e. The summed E-state index contributed by atoms with van der Waals surface area (Å²) >= 11 is 1.67. The lowest BCUT2D eigenvalue weighted by Gasteiger charge is -2.27. The molecule has 9 heavy (non-hydrogen) atoms. The molecule has 0 aliphatic carbocycles. The molecule has 0 aromatic carbocycles. The minimum atomic E-state index is -0.118. The van der Waals surface area contributed by atoms with Crippen molar-refractivity contribution >= 4 is 11.8 Å². The number of aliphatic hydroxyl groups is 1. The molecule has 1 unspecified atom stereocenters. The topological polar surface area (TPSA) is 46.2 Å². The zero-order valence-electron chi connectivity index (χ0n) is 6.22. The highest BCUT2D eigenvalue weighted by Gasteiger charge is 2.23. The van der Waals surface area contributed by atoms with Crippen LogP contribution in [0.2, 0.25) is 0 Å². The van der Waals surface area contributed by atoms with E-state index >= 15 is 0 Å². The zero-order chi connectivity index (χ0) is 7.49. The van der Waals surface area contributed by atoms with E-state index in [9.17, 15) is 0 Å². The van der Waals surface area contributed by atoms with Crippen LogP contribution in [-0.4, -0.2) is 28.8 Å². The fourth-order valence-corrected chi connectivity index (χ4v) is 0.749. The van der Waals surface area contributed by atoms with Gasteiger partial charge in [0.2, 0.25) is 0 Å². The molecule has 0 saturated carbocycles. The summed E-state index contributed by atoms with van der Waals surface area (Å²) in [4.78, 5) is 0. The molecule has 0 aromatic rings. The Balaban J connectivity index is 3.80. The minimum Gasteiger partial charge on any atom is -0.395 e. The molecule has 3 N–H and O–H groups in total. The van der Waals surface area contributed by atoms with Crippen LogP contribution in [0.3, 0.4) is 0 Å². The molecule has 0 bridgehead atoms. The molecule has 56 valence electrons. The largest absolute Gasteiger partial charge is 0.395 e. The summed E-state index contributed by atoms with van der Waals surface area (Å²) in [6.45, 7) is 4.12. The van der Waals surface area contributed by atoms with Crippen LogP contribution in [0.4, 0.5) is 0 Å². The highest BCUT2D eigenvalue weighted by atomic mass is 32.2. The number of hydrogen-bond donors (Lipinski definition) is 2. The molecule has 0 radical (unpaired) electrons. The molecule has 3 heteroatoms. The van der Waals surface area contributed by atoms with Crippen molar-refractivity contribution < 1.29 is 5.11 Å². The second-order valence-corrected chi connectivity index (χ2v) is 4.06. The Hall–Kier alpha value is 0.270. The number of nitrogens with two attached hydrogens (primary N) is 1. The van der Waals surface area contributed by atoms with Crippen molar-refractivity contribution in [2.45, 2.75) is 24.6 Å². The van der Waals surface area contributed by atoms with Gasteiger partial charge in [-0.3, -0.25) is 0 Å². The van der Waals surface area contributed by atoms with Crippen LogP contribution in [0.25, 0.3) is 0 Å². The summed E-state index contributed by atoms with van der Waals surface area (Å²) in [5.41, 5.74) is 5.59. The lowest BCUT2D eigenvalue weighted by molar-refractivity contribution is 0.248. The van der Waals surface area contributed by atoms with Gasteiger partial charge < -0.3 is 10.8 Å². The second-order valence-electron chi connectivity index (χ2n) is 2.60. The minimum absolute atomic E-state index is 0.00521. The molecule has 0 amide bonds. The third-order valence-electron chi connectivity index (χ3n) is 1.62. The van der Waals surface area contributed by atoms with Gasteiger partial charge in [-0.2, -0.15) is 11.8 Å². The van der Waals surface area contributed by atoms with E-state index in [0.29, 0.717) is 0 Å². The summed E-state index contributed by atoms with van der Waals surface area (Å²) in [6.07, 6.45) is 2.00. The van der Waals surface area contributed by atoms with Crippen LogP contribution < -0.4 is 5.73 Å². The first kappa shape index (κ1) is 9.27. The Labute approximate surface area is 60.8 Å². The van der Waals surface area contributed by atoms with Crippen LogP contribution in [0, 0.1) is 0 Å². The van der Waals surface area contributed by atoms with Gasteiger partial charge in [0.25, 0.3) is 0 Å². The predicted molar refractivity (Wildman–Crippen MR) is 42.7 cm³/mol. The zero-order valence-corrected chi connectivity index (χ0v) is 7.03. The molecule has 1 atom stereocenters. The molecular weight excluding hydrogens is 134 g/mol. The Morgan fingerprint density at radius 3 is 2.22 bits per heavy atom. The molecule has 0 fully saturated rings. The third-order valence-corrected chi connectivity index (χ3v) is 2.97. The maximum Gasteiger partial charge on any atom is 0.0595 e. The first-order chi connectivity index (χ1) is 4.04. The van der Waals surface area contributed by atoms with Gasteiger partial charge in [0.15, 0.2) is 0 Å². The summed E-state index contributed by atoms with van der Waals surface area (Å²) in [6, 6.07) is -0.118. The number of hydrogen-bond acceptors (Lipinski definition) is 3. The van der Waals surface area contributed by atoms with E-state index < -0.39 is 0 Å². The highest BCUT2D eigenvalue weighted by molar-refractivity contribution is 8.00. The van der Waals surface area contributed by atoms with Gasteiger partial charge in [0.05, 0.1) is 6.61 Å². The monoisotopic (exact) mass is 149 g/mol. The van der Waals surface area contributed by atoms with Crippen LogP contribution in [0.5, 0.6) is 0 Å². The lowest BCUT2D eigenvalue weighted by Crippen LogP contribution is -2.43. The van der Waals surface area contributed by atoms with E-state index in [2.05, 4.69) is 0 Å². The fraction of sp³-hybridized carbons (Fsp3) is 1.00. The standard InChI is InChI=1S/C6H15NOS/c1-6(2,9-3)5(7)4-8/h5,8H,4,7H2,1-3H3. The van der Waals surface area contributed by atoms with Gasteiger partial charge in [0.1, 0.15) is 0 Å². The van der Waals surface area contributed by atoms with Crippen molar-refractivity contribution in [3.8, 4) is 0 Å². The van der Waals surface area contributed by atoms with Crippen LogP contribution in [-0.2, 0) is 0 Å². The summed E-state index contributed by atoms with van der Waals surface area (Å²) < 4.78 is -0.00521. The molecule has 0 aliphatic heterocycles. The third kappa shape index (κ3) is 2.56. The Kier molecular flexibility index (Phi) is 3.54.